The second kappa shape index (κ2) is 7.81. The van der Waals surface area contributed by atoms with Crippen LogP contribution in [0.2, 0.25) is 5.02 Å². The van der Waals surface area contributed by atoms with Gasteiger partial charge in [-0.05, 0) is 42.5 Å². The molecule has 0 unspecified atom stereocenters. The molecule has 7 nitrogen and oxygen atoms in total. The second-order valence-corrected chi connectivity index (χ2v) is 6.87. The lowest BCUT2D eigenvalue weighted by Crippen LogP contribution is -2.20. The van der Waals surface area contributed by atoms with E-state index in [0.717, 1.165) is 0 Å². The number of nitrogens with zero attached hydrogens (tertiary/aromatic N) is 3. The Balaban J connectivity index is 1.89. The summed E-state index contributed by atoms with van der Waals surface area (Å²) in [5, 5.41) is 23.2. The summed E-state index contributed by atoms with van der Waals surface area (Å²) in [5.41, 5.74) is 0.848. The number of pyridine rings is 1. The Morgan fingerprint density at radius 3 is 2.23 bits per heavy atom. The van der Waals surface area contributed by atoms with Gasteiger partial charge in [-0.1, -0.05) is 29.8 Å². The Labute approximate surface area is 175 Å². The molecule has 8 heteroatoms. The van der Waals surface area contributed by atoms with Crippen molar-refractivity contribution in [1.29, 1.82) is 0 Å². The number of rotatable bonds is 4. The Morgan fingerprint density at radius 2 is 1.60 bits per heavy atom. The third-order valence-electron chi connectivity index (χ3n) is 4.59. The fourth-order valence-corrected chi connectivity index (χ4v) is 3.24. The van der Waals surface area contributed by atoms with Crippen LogP contribution in [0.15, 0.2) is 82.6 Å². The van der Waals surface area contributed by atoms with E-state index in [2.05, 4.69) is 4.99 Å². The summed E-state index contributed by atoms with van der Waals surface area (Å²) in [5.74, 6) is -0.272. The molecule has 1 N–H and O–H groups in total. The van der Waals surface area contributed by atoms with Crippen LogP contribution in [0.25, 0.3) is 16.5 Å². The number of fused-ring (bicyclic) bond motifs is 1. The van der Waals surface area contributed by atoms with Crippen molar-refractivity contribution in [2.45, 2.75) is 0 Å². The van der Waals surface area contributed by atoms with Gasteiger partial charge in [-0.2, -0.15) is 0 Å². The highest BCUT2D eigenvalue weighted by Gasteiger charge is 2.16. The molecule has 0 saturated carbocycles. The molecular formula is C22H14ClN3O4. The SMILES string of the molecule is O=c1c2ccccc2c(C=Nc2ccc([N+](=O)[O-])cc2)c(O)n1-c1ccc(Cl)cc1. The molecule has 0 amide bonds. The van der Waals surface area contributed by atoms with Gasteiger partial charge in [-0.15, -0.1) is 0 Å². The molecule has 1 heterocycles. The van der Waals surface area contributed by atoms with E-state index in [1.54, 1.807) is 48.5 Å². The second-order valence-electron chi connectivity index (χ2n) is 6.43. The average molecular weight is 420 g/mol. The molecule has 4 rings (SSSR count). The molecule has 0 saturated heterocycles. The molecule has 0 aliphatic rings. The van der Waals surface area contributed by atoms with Crippen LogP contribution in [0.3, 0.4) is 0 Å². The minimum Gasteiger partial charge on any atom is -0.494 e. The van der Waals surface area contributed by atoms with Crippen molar-refractivity contribution in [1.82, 2.24) is 4.57 Å². The molecule has 0 aliphatic carbocycles. The quantitative estimate of drug-likeness (QED) is 0.285. The first-order valence-electron chi connectivity index (χ1n) is 8.87. The van der Waals surface area contributed by atoms with Crippen LogP contribution in [-0.2, 0) is 0 Å². The zero-order valence-corrected chi connectivity index (χ0v) is 16.2. The van der Waals surface area contributed by atoms with Crippen molar-refractivity contribution in [2.75, 3.05) is 0 Å². The van der Waals surface area contributed by atoms with Gasteiger partial charge < -0.3 is 5.11 Å². The standard InChI is InChI=1S/C22H14ClN3O4/c23-14-5-9-16(10-6-14)25-21(27)19-4-2-1-3-18(19)20(22(25)28)13-24-15-7-11-17(12-8-15)26(29)30/h1-13,28H. The number of aromatic hydroxyl groups is 1. The summed E-state index contributed by atoms with van der Waals surface area (Å²) in [6.07, 6.45) is 1.44. The Kier molecular flexibility index (Phi) is 5.04. The maximum Gasteiger partial charge on any atom is 0.269 e. The third-order valence-corrected chi connectivity index (χ3v) is 4.84. The van der Waals surface area contributed by atoms with Crippen LogP contribution < -0.4 is 5.56 Å². The maximum atomic E-state index is 13.0. The van der Waals surface area contributed by atoms with E-state index in [1.807, 2.05) is 0 Å². The minimum absolute atomic E-state index is 0.0430. The molecule has 30 heavy (non-hydrogen) atoms. The lowest BCUT2D eigenvalue weighted by atomic mass is 10.1. The van der Waals surface area contributed by atoms with Crippen molar-refractivity contribution in [2.24, 2.45) is 4.99 Å². The molecule has 1 aromatic heterocycles. The van der Waals surface area contributed by atoms with Gasteiger partial charge in [0.05, 0.1) is 21.9 Å². The van der Waals surface area contributed by atoms with Gasteiger partial charge in [0, 0.05) is 34.1 Å². The van der Waals surface area contributed by atoms with Gasteiger partial charge in [-0.25, -0.2) is 4.57 Å². The Morgan fingerprint density at radius 1 is 0.967 bits per heavy atom. The summed E-state index contributed by atoms with van der Waals surface area (Å²) in [6.45, 7) is 0. The van der Waals surface area contributed by atoms with Crippen molar-refractivity contribution in [3.05, 3.63) is 104 Å². The topological polar surface area (TPSA) is 97.7 Å². The van der Waals surface area contributed by atoms with Gasteiger partial charge in [0.2, 0.25) is 5.88 Å². The zero-order chi connectivity index (χ0) is 21.3. The molecule has 0 fully saturated rings. The van der Waals surface area contributed by atoms with Gasteiger partial charge in [0.25, 0.3) is 11.2 Å². The van der Waals surface area contributed by atoms with Crippen LogP contribution in [0.1, 0.15) is 5.56 Å². The van der Waals surface area contributed by atoms with E-state index in [1.165, 1.54) is 35.0 Å². The summed E-state index contributed by atoms with van der Waals surface area (Å²) >= 11 is 5.94. The first-order chi connectivity index (χ1) is 14.5. The van der Waals surface area contributed by atoms with E-state index >= 15 is 0 Å². The van der Waals surface area contributed by atoms with E-state index < -0.39 is 4.92 Å². The number of halogens is 1. The molecule has 3 aromatic carbocycles. The molecular weight excluding hydrogens is 406 g/mol. The first kappa shape index (κ1) is 19.4. The number of nitro groups is 1. The Bertz CT molecular complexity index is 1340. The fraction of sp³-hybridized carbons (Fsp3) is 0. The maximum absolute atomic E-state index is 13.0. The lowest BCUT2D eigenvalue weighted by molar-refractivity contribution is -0.384. The average Bonchev–Trinajstić information content (AvgIpc) is 2.75. The smallest absolute Gasteiger partial charge is 0.269 e. The van der Waals surface area contributed by atoms with Crippen molar-refractivity contribution in [3.63, 3.8) is 0 Å². The van der Waals surface area contributed by atoms with Crippen LogP contribution in [0.4, 0.5) is 11.4 Å². The minimum atomic E-state index is -0.491. The van der Waals surface area contributed by atoms with E-state index in [-0.39, 0.29) is 17.1 Å². The molecule has 0 bridgehead atoms. The molecule has 4 aromatic rings. The predicted octanol–water partition coefficient (Wildman–Crippen LogP) is 5.01. The lowest BCUT2D eigenvalue weighted by Gasteiger charge is -2.13. The number of benzene rings is 3. The van der Waals surface area contributed by atoms with Gasteiger partial charge >= 0.3 is 0 Å². The van der Waals surface area contributed by atoms with Gasteiger partial charge in [-0.3, -0.25) is 19.9 Å². The monoisotopic (exact) mass is 419 g/mol. The van der Waals surface area contributed by atoms with Crippen LogP contribution in [0.5, 0.6) is 5.88 Å². The number of aliphatic imine (C=N–C) groups is 1. The molecule has 0 atom stereocenters. The van der Waals surface area contributed by atoms with Crippen molar-refractivity contribution >= 4 is 40.0 Å². The van der Waals surface area contributed by atoms with Crippen LogP contribution in [0, 0.1) is 10.1 Å². The predicted molar refractivity (Wildman–Crippen MR) is 117 cm³/mol. The first-order valence-corrected chi connectivity index (χ1v) is 9.24. The van der Waals surface area contributed by atoms with Crippen molar-refractivity contribution < 1.29 is 10.0 Å². The summed E-state index contributed by atoms with van der Waals surface area (Å²) < 4.78 is 1.19. The molecule has 0 radical (unpaired) electrons. The zero-order valence-electron chi connectivity index (χ0n) is 15.4. The van der Waals surface area contributed by atoms with Crippen LogP contribution >= 0.6 is 11.6 Å². The summed E-state index contributed by atoms with van der Waals surface area (Å²) in [7, 11) is 0. The largest absolute Gasteiger partial charge is 0.494 e. The van der Waals surface area contributed by atoms with Crippen LogP contribution in [-0.4, -0.2) is 20.8 Å². The molecule has 0 spiro atoms. The van der Waals surface area contributed by atoms with E-state index in [9.17, 15) is 20.0 Å². The number of nitro benzene ring substituents is 1. The van der Waals surface area contributed by atoms with E-state index in [4.69, 9.17) is 11.6 Å². The van der Waals surface area contributed by atoms with Crippen molar-refractivity contribution in [3.8, 4) is 11.6 Å². The highest BCUT2D eigenvalue weighted by molar-refractivity contribution is 6.30. The fourth-order valence-electron chi connectivity index (χ4n) is 3.12. The highest BCUT2D eigenvalue weighted by atomic mass is 35.5. The summed E-state index contributed by atoms with van der Waals surface area (Å²) in [4.78, 5) is 27.7. The third kappa shape index (κ3) is 3.54. The molecule has 0 aliphatic heterocycles. The highest BCUT2D eigenvalue weighted by Crippen LogP contribution is 2.27. The number of aromatic nitrogens is 1. The number of non-ortho nitro benzene ring substituents is 1. The molecule has 148 valence electrons. The summed E-state index contributed by atoms with van der Waals surface area (Å²) in [6, 6.07) is 19.1. The van der Waals surface area contributed by atoms with Gasteiger partial charge in [0.1, 0.15) is 0 Å². The van der Waals surface area contributed by atoms with Gasteiger partial charge in [0.15, 0.2) is 0 Å². The normalized spacial score (nSPS) is 11.2. The van der Waals surface area contributed by atoms with E-state index in [0.29, 0.717) is 32.7 Å². The Hall–Kier alpha value is -3.97. The number of hydrogen-bond acceptors (Lipinski definition) is 5. The number of hydrogen-bond donors (Lipinski definition) is 1.